The topological polar surface area (TPSA) is 55.8 Å². The number of halogens is 1. The van der Waals surface area contributed by atoms with Gasteiger partial charge in [0.25, 0.3) is 0 Å². The minimum Gasteiger partial charge on any atom is -0.484 e. The second-order valence-electron chi connectivity index (χ2n) is 2.82. The van der Waals surface area contributed by atoms with Gasteiger partial charge in [-0.3, -0.25) is 0 Å². The number of ether oxygens (including phenoxy) is 2. The number of rotatable bonds is 1. The maximum Gasteiger partial charge on any atom is 0.348 e. The average Bonchev–Trinajstić information content (AvgIpc) is 2.17. The quantitative estimate of drug-likeness (QED) is 0.771. The van der Waals surface area contributed by atoms with Crippen molar-refractivity contribution in [1.82, 2.24) is 0 Å². The number of carboxylic acids is 1. The zero-order chi connectivity index (χ0) is 10.1. The van der Waals surface area contributed by atoms with E-state index in [2.05, 4.69) is 0 Å². The van der Waals surface area contributed by atoms with Gasteiger partial charge in [-0.2, -0.15) is 0 Å². The summed E-state index contributed by atoms with van der Waals surface area (Å²) in [5.41, 5.74) is 0. The van der Waals surface area contributed by atoms with Crippen LogP contribution in [0.4, 0.5) is 0 Å². The number of aliphatic carboxylic acids is 1. The van der Waals surface area contributed by atoms with Gasteiger partial charge < -0.3 is 14.6 Å². The summed E-state index contributed by atoms with van der Waals surface area (Å²) >= 11 is 5.82. The van der Waals surface area contributed by atoms with Crippen molar-refractivity contribution in [3.8, 4) is 11.5 Å². The van der Waals surface area contributed by atoms with Gasteiger partial charge in [0.1, 0.15) is 6.61 Å². The first-order valence-corrected chi connectivity index (χ1v) is 4.37. The van der Waals surface area contributed by atoms with Crippen molar-refractivity contribution < 1.29 is 19.4 Å². The van der Waals surface area contributed by atoms with Crippen LogP contribution >= 0.6 is 11.6 Å². The highest BCUT2D eigenvalue weighted by atomic mass is 35.5. The molecule has 1 atom stereocenters. The largest absolute Gasteiger partial charge is 0.484 e. The fraction of sp³-hybridized carbons (Fsp3) is 0.222. The van der Waals surface area contributed by atoms with Gasteiger partial charge in [0.2, 0.25) is 6.10 Å². The molecule has 1 heterocycles. The molecule has 1 aliphatic heterocycles. The molecule has 0 saturated heterocycles. The fourth-order valence-electron chi connectivity index (χ4n) is 1.19. The van der Waals surface area contributed by atoms with Crippen molar-refractivity contribution in [3.05, 3.63) is 23.2 Å². The highest BCUT2D eigenvalue weighted by Crippen LogP contribution is 2.37. The number of carboxylic acid groups (broad SMARTS) is 1. The van der Waals surface area contributed by atoms with E-state index in [9.17, 15) is 4.79 Å². The summed E-state index contributed by atoms with van der Waals surface area (Å²) in [6.45, 7) is -0.0218. The monoisotopic (exact) mass is 214 g/mol. The lowest BCUT2D eigenvalue weighted by atomic mass is 10.2. The van der Waals surface area contributed by atoms with E-state index in [1.165, 1.54) is 0 Å². The maximum absolute atomic E-state index is 10.6. The van der Waals surface area contributed by atoms with Gasteiger partial charge in [-0.1, -0.05) is 17.7 Å². The Bertz CT molecular complexity index is 377. The van der Waals surface area contributed by atoms with Crippen molar-refractivity contribution in [1.29, 1.82) is 0 Å². The van der Waals surface area contributed by atoms with Gasteiger partial charge in [-0.25, -0.2) is 4.79 Å². The lowest BCUT2D eigenvalue weighted by Crippen LogP contribution is -2.36. The number of benzene rings is 1. The summed E-state index contributed by atoms with van der Waals surface area (Å²) in [6, 6.07) is 4.95. The molecule has 1 aliphatic rings. The molecule has 5 heteroatoms. The average molecular weight is 215 g/mol. The summed E-state index contributed by atoms with van der Waals surface area (Å²) in [5, 5.41) is 9.12. The standard InChI is InChI=1S/C9H7ClO4/c10-5-2-1-3-6-8(5)13-4-7(14-6)9(11)12/h1-3,7H,4H2,(H,11,12). The molecule has 1 aromatic carbocycles. The van der Waals surface area contributed by atoms with Crippen LogP contribution in [0.2, 0.25) is 5.02 Å². The first-order chi connectivity index (χ1) is 6.68. The fourth-order valence-corrected chi connectivity index (χ4v) is 1.41. The number of hydrogen-bond acceptors (Lipinski definition) is 3. The van der Waals surface area contributed by atoms with E-state index in [0.29, 0.717) is 16.5 Å². The van der Waals surface area contributed by atoms with Crippen LogP contribution in [-0.4, -0.2) is 23.8 Å². The van der Waals surface area contributed by atoms with Gasteiger partial charge in [-0.15, -0.1) is 0 Å². The Morgan fingerprint density at radius 3 is 3.07 bits per heavy atom. The van der Waals surface area contributed by atoms with Gasteiger partial charge >= 0.3 is 5.97 Å². The zero-order valence-electron chi connectivity index (χ0n) is 7.07. The maximum atomic E-state index is 10.6. The van der Waals surface area contributed by atoms with Crippen molar-refractivity contribution in [2.75, 3.05) is 6.61 Å². The lowest BCUT2D eigenvalue weighted by molar-refractivity contribution is -0.147. The highest BCUT2D eigenvalue weighted by Gasteiger charge is 2.27. The number of hydrogen-bond donors (Lipinski definition) is 1. The molecule has 0 aliphatic carbocycles. The third-order valence-electron chi connectivity index (χ3n) is 1.85. The second-order valence-corrected chi connectivity index (χ2v) is 3.23. The third-order valence-corrected chi connectivity index (χ3v) is 2.15. The Labute approximate surface area is 85.0 Å². The van der Waals surface area contributed by atoms with Gasteiger partial charge in [0.15, 0.2) is 11.5 Å². The zero-order valence-corrected chi connectivity index (χ0v) is 7.82. The summed E-state index contributed by atoms with van der Waals surface area (Å²) in [5.74, 6) is -0.265. The first-order valence-electron chi connectivity index (χ1n) is 3.99. The van der Waals surface area contributed by atoms with Gasteiger partial charge in [0.05, 0.1) is 5.02 Å². The first kappa shape index (κ1) is 9.15. The molecule has 0 bridgehead atoms. The van der Waals surface area contributed by atoms with E-state index >= 15 is 0 Å². The molecule has 2 rings (SSSR count). The highest BCUT2D eigenvalue weighted by molar-refractivity contribution is 6.32. The van der Waals surface area contributed by atoms with E-state index in [-0.39, 0.29) is 6.61 Å². The molecule has 74 valence electrons. The van der Waals surface area contributed by atoms with Crippen LogP contribution in [0.5, 0.6) is 11.5 Å². The van der Waals surface area contributed by atoms with E-state index in [4.69, 9.17) is 26.2 Å². The number of fused-ring (bicyclic) bond motifs is 1. The second kappa shape index (κ2) is 3.38. The van der Waals surface area contributed by atoms with Crippen LogP contribution < -0.4 is 9.47 Å². The predicted octanol–water partition coefficient (Wildman–Crippen LogP) is 1.56. The van der Waals surface area contributed by atoms with Crippen LogP contribution in [0, 0.1) is 0 Å². The van der Waals surface area contributed by atoms with Crippen LogP contribution in [0.1, 0.15) is 0 Å². The minimum atomic E-state index is -1.05. The molecule has 4 nitrogen and oxygen atoms in total. The third kappa shape index (κ3) is 1.48. The van der Waals surface area contributed by atoms with Gasteiger partial charge in [-0.05, 0) is 12.1 Å². The van der Waals surface area contributed by atoms with Crippen molar-refractivity contribution >= 4 is 17.6 Å². The van der Waals surface area contributed by atoms with Crippen molar-refractivity contribution in [3.63, 3.8) is 0 Å². The van der Waals surface area contributed by atoms with Crippen molar-refractivity contribution in [2.45, 2.75) is 6.10 Å². The Kier molecular flexibility index (Phi) is 2.21. The molecule has 1 unspecified atom stereocenters. The molecule has 0 amide bonds. The Morgan fingerprint density at radius 2 is 2.36 bits per heavy atom. The molecular weight excluding hydrogens is 208 g/mol. The van der Waals surface area contributed by atoms with E-state index in [1.54, 1.807) is 18.2 Å². The van der Waals surface area contributed by atoms with E-state index in [0.717, 1.165) is 0 Å². The molecule has 0 spiro atoms. The van der Waals surface area contributed by atoms with E-state index < -0.39 is 12.1 Å². The molecule has 1 N–H and O–H groups in total. The number of para-hydroxylation sites is 1. The number of carbonyl (C=O) groups is 1. The summed E-state index contributed by atoms with van der Waals surface area (Å²) in [6.07, 6.45) is -0.957. The normalized spacial score (nSPS) is 19.1. The molecule has 0 radical (unpaired) electrons. The van der Waals surface area contributed by atoms with Gasteiger partial charge in [0, 0.05) is 0 Å². The smallest absolute Gasteiger partial charge is 0.348 e. The lowest BCUT2D eigenvalue weighted by Gasteiger charge is -2.24. The molecule has 0 fully saturated rings. The van der Waals surface area contributed by atoms with Crippen LogP contribution in [0.15, 0.2) is 18.2 Å². The summed E-state index contributed by atoms with van der Waals surface area (Å²) in [4.78, 5) is 10.6. The van der Waals surface area contributed by atoms with Crippen LogP contribution in [0.25, 0.3) is 0 Å². The Morgan fingerprint density at radius 1 is 1.57 bits per heavy atom. The van der Waals surface area contributed by atoms with Crippen molar-refractivity contribution in [2.24, 2.45) is 0 Å². The summed E-state index contributed by atoms with van der Waals surface area (Å²) < 4.78 is 10.4. The minimum absolute atomic E-state index is 0.0218. The molecule has 0 aromatic heterocycles. The molecule has 1 aromatic rings. The van der Waals surface area contributed by atoms with E-state index in [1.807, 2.05) is 0 Å². The molecule has 0 saturated carbocycles. The molecule has 14 heavy (non-hydrogen) atoms. The predicted molar refractivity (Wildman–Crippen MR) is 49.0 cm³/mol. The van der Waals surface area contributed by atoms with Crippen LogP contribution in [0.3, 0.4) is 0 Å². The summed E-state index contributed by atoms with van der Waals surface area (Å²) in [7, 11) is 0. The Balaban J connectivity index is 2.31. The Hall–Kier alpha value is -1.42. The van der Waals surface area contributed by atoms with Crippen LogP contribution in [-0.2, 0) is 4.79 Å². The SMILES string of the molecule is O=C(O)C1COc2c(Cl)cccc2O1. The molecular formula is C9H7ClO4.